The van der Waals surface area contributed by atoms with E-state index in [1.807, 2.05) is 24.3 Å². The Kier molecular flexibility index (Phi) is 6.68. The zero-order valence-corrected chi connectivity index (χ0v) is 18.5. The van der Waals surface area contributed by atoms with Gasteiger partial charge in [0.1, 0.15) is 17.3 Å². The molecule has 0 aliphatic rings. The standard InChI is InChI=1S/C26H21FN2O5/c1-32-20-9-6-16(7-10-20)23-14-24(34-15-25(30)33-2)21-13-19(8-11-22(21)29-23)28-26(31)17-4-3-5-18(27)12-17/h3-14H,15H2,1-2H3,(H,28,31). The van der Waals surface area contributed by atoms with E-state index in [0.29, 0.717) is 33.8 Å². The summed E-state index contributed by atoms with van der Waals surface area (Å²) >= 11 is 0. The molecule has 0 aliphatic carbocycles. The monoisotopic (exact) mass is 460 g/mol. The highest BCUT2D eigenvalue weighted by molar-refractivity contribution is 6.05. The molecule has 0 bridgehead atoms. The second-order valence-electron chi connectivity index (χ2n) is 7.30. The maximum absolute atomic E-state index is 13.5. The Bertz CT molecular complexity index is 1360. The molecule has 4 aromatic rings. The van der Waals surface area contributed by atoms with Crippen LogP contribution in [0.3, 0.4) is 0 Å². The molecule has 0 saturated heterocycles. The molecule has 1 amide bonds. The Hall–Kier alpha value is -4.46. The lowest BCUT2D eigenvalue weighted by Gasteiger charge is -2.13. The van der Waals surface area contributed by atoms with Gasteiger partial charge in [0.2, 0.25) is 0 Å². The molecule has 1 aromatic heterocycles. The number of fused-ring (bicyclic) bond motifs is 1. The number of hydrogen-bond acceptors (Lipinski definition) is 6. The molecule has 3 aromatic carbocycles. The van der Waals surface area contributed by atoms with E-state index < -0.39 is 17.7 Å². The van der Waals surface area contributed by atoms with Gasteiger partial charge in [0.25, 0.3) is 5.91 Å². The van der Waals surface area contributed by atoms with E-state index in [1.165, 1.54) is 25.3 Å². The third-order valence-electron chi connectivity index (χ3n) is 5.07. The number of rotatable bonds is 7. The lowest BCUT2D eigenvalue weighted by molar-refractivity contribution is -0.142. The number of aromatic nitrogens is 1. The minimum atomic E-state index is -0.536. The minimum absolute atomic E-state index is 0.190. The quantitative estimate of drug-likeness (QED) is 0.397. The predicted octanol–water partition coefficient (Wildman–Crippen LogP) is 4.85. The number of esters is 1. The van der Waals surface area contributed by atoms with E-state index in [1.54, 1.807) is 31.4 Å². The molecule has 0 saturated carbocycles. The number of ether oxygens (including phenoxy) is 3. The van der Waals surface area contributed by atoms with E-state index in [9.17, 15) is 14.0 Å². The van der Waals surface area contributed by atoms with Crippen molar-refractivity contribution in [1.29, 1.82) is 0 Å². The maximum atomic E-state index is 13.5. The van der Waals surface area contributed by atoms with Gasteiger partial charge in [-0.05, 0) is 60.7 Å². The highest BCUT2D eigenvalue weighted by Crippen LogP contribution is 2.32. The highest BCUT2D eigenvalue weighted by Gasteiger charge is 2.14. The minimum Gasteiger partial charge on any atom is -0.497 e. The summed E-state index contributed by atoms with van der Waals surface area (Å²) in [7, 11) is 2.87. The van der Waals surface area contributed by atoms with Crippen molar-refractivity contribution in [3.8, 4) is 22.8 Å². The van der Waals surface area contributed by atoms with Crippen LogP contribution in [0.4, 0.5) is 10.1 Å². The number of hydrogen-bond donors (Lipinski definition) is 1. The maximum Gasteiger partial charge on any atom is 0.343 e. The van der Waals surface area contributed by atoms with Crippen molar-refractivity contribution >= 4 is 28.5 Å². The molecule has 7 nitrogen and oxygen atoms in total. The van der Waals surface area contributed by atoms with Crippen LogP contribution in [-0.4, -0.2) is 37.7 Å². The van der Waals surface area contributed by atoms with E-state index in [0.717, 1.165) is 11.6 Å². The molecule has 0 radical (unpaired) electrons. The van der Waals surface area contributed by atoms with Gasteiger partial charge in [-0.25, -0.2) is 14.2 Å². The summed E-state index contributed by atoms with van der Waals surface area (Å²) in [6.07, 6.45) is 0. The van der Waals surface area contributed by atoms with E-state index in [-0.39, 0.29) is 12.2 Å². The summed E-state index contributed by atoms with van der Waals surface area (Å²) in [5, 5.41) is 3.33. The fourth-order valence-electron chi connectivity index (χ4n) is 3.33. The van der Waals surface area contributed by atoms with Crippen LogP contribution in [0, 0.1) is 5.82 Å². The van der Waals surface area contributed by atoms with Gasteiger partial charge in [-0.2, -0.15) is 0 Å². The molecule has 0 unspecified atom stereocenters. The molecule has 1 heterocycles. The van der Waals surface area contributed by atoms with Crippen molar-refractivity contribution in [1.82, 2.24) is 4.98 Å². The van der Waals surface area contributed by atoms with Gasteiger partial charge in [0.15, 0.2) is 6.61 Å². The average Bonchev–Trinajstić information content (AvgIpc) is 2.87. The number of halogens is 1. The molecule has 1 N–H and O–H groups in total. The molecule has 34 heavy (non-hydrogen) atoms. The number of methoxy groups -OCH3 is 2. The van der Waals surface area contributed by atoms with Crippen LogP contribution in [-0.2, 0) is 9.53 Å². The first kappa shape index (κ1) is 22.7. The van der Waals surface area contributed by atoms with Gasteiger partial charge in [-0.15, -0.1) is 0 Å². The number of amides is 1. The first-order chi connectivity index (χ1) is 16.5. The Morgan fingerprint density at radius 3 is 2.47 bits per heavy atom. The second-order valence-corrected chi connectivity index (χ2v) is 7.30. The first-order valence-corrected chi connectivity index (χ1v) is 10.3. The van der Waals surface area contributed by atoms with Crippen LogP contribution < -0.4 is 14.8 Å². The topological polar surface area (TPSA) is 86.8 Å². The molecular formula is C26H21FN2O5. The smallest absolute Gasteiger partial charge is 0.343 e. The molecule has 0 fully saturated rings. The molecule has 8 heteroatoms. The number of benzene rings is 3. The summed E-state index contributed by atoms with van der Waals surface area (Å²) in [5.74, 6) is -0.390. The molecule has 0 aliphatic heterocycles. The van der Waals surface area contributed by atoms with Crippen molar-refractivity contribution in [3.05, 3.63) is 84.2 Å². The molecule has 0 spiro atoms. The second kappa shape index (κ2) is 9.99. The Morgan fingerprint density at radius 1 is 0.971 bits per heavy atom. The van der Waals surface area contributed by atoms with Crippen LogP contribution in [0.2, 0.25) is 0 Å². The average molecular weight is 460 g/mol. The zero-order chi connectivity index (χ0) is 24.1. The fraction of sp³-hybridized carbons (Fsp3) is 0.115. The van der Waals surface area contributed by atoms with Crippen molar-refractivity contribution in [2.24, 2.45) is 0 Å². The van der Waals surface area contributed by atoms with Crippen LogP contribution >= 0.6 is 0 Å². The number of nitrogens with one attached hydrogen (secondary N) is 1. The van der Waals surface area contributed by atoms with Gasteiger partial charge in [0, 0.05) is 28.3 Å². The Morgan fingerprint density at radius 2 is 1.76 bits per heavy atom. The van der Waals surface area contributed by atoms with Crippen molar-refractivity contribution < 1.29 is 28.2 Å². The predicted molar refractivity (Wildman–Crippen MR) is 126 cm³/mol. The van der Waals surface area contributed by atoms with E-state index >= 15 is 0 Å². The zero-order valence-electron chi connectivity index (χ0n) is 18.5. The van der Waals surface area contributed by atoms with Crippen LogP contribution in [0.1, 0.15) is 10.4 Å². The highest BCUT2D eigenvalue weighted by atomic mass is 19.1. The first-order valence-electron chi connectivity index (χ1n) is 10.3. The summed E-state index contributed by atoms with van der Waals surface area (Å²) in [4.78, 5) is 28.9. The Labute approximate surface area is 195 Å². The van der Waals surface area contributed by atoms with Crippen LogP contribution in [0.15, 0.2) is 72.8 Å². The van der Waals surface area contributed by atoms with Crippen LogP contribution in [0.25, 0.3) is 22.2 Å². The van der Waals surface area contributed by atoms with Gasteiger partial charge in [0.05, 0.1) is 25.4 Å². The summed E-state index contributed by atoms with van der Waals surface area (Å²) in [6, 6.07) is 19.6. The summed E-state index contributed by atoms with van der Waals surface area (Å²) in [5.41, 5.74) is 2.71. The largest absolute Gasteiger partial charge is 0.497 e. The SMILES string of the molecule is COC(=O)COc1cc(-c2ccc(OC)cc2)nc2ccc(NC(=O)c3cccc(F)c3)cc12. The summed E-state index contributed by atoms with van der Waals surface area (Å²) in [6.45, 7) is -0.294. The van der Waals surface area contributed by atoms with Crippen molar-refractivity contribution in [3.63, 3.8) is 0 Å². The van der Waals surface area contributed by atoms with Gasteiger partial charge < -0.3 is 19.5 Å². The van der Waals surface area contributed by atoms with Crippen molar-refractivity contribution in [2.45, 2.75) is 0 Å². The van der Waals surface area contributed by atoms with Gasteiger partial charge in [-0.1, -0.05) is 6.07 Å². The van der Waals surface area contributed by atoms with Gasteiger partial charge >= 0.3 is 5.97 Å². The third-order valence-corrected chi connectivity index (χ3v) is 5.07. The molecular weight excluding hydrogens is 439 g/mol. The van der Waals surface area contributed by atoms with E-state index in [4.69, 9.17) is 14.5 Å². The Balaban J connectivity index is 1.71. The number of carbonyl (C=O) groups excluding carboxylic acids is 2. The van der Waals surface area contributed by atoms with E-state index in [2.05, 4.69) is 10.1 Å². The van der Waals surface area contributed by atoms with Crippen molar-refractivity contribution in [2.75, 3.05) is 26.1 Å². The lowest BCUT2D eigenvalue weighted by atomic mass is 10.1. The van der Waals surface area contributed by atoms with Crippen LogP contribution in [0.5, 0.6) is 11.5 Å². The third kappa shape index (κ3) is 5.12. The normalized spacial score (nSPS) is 10.6. The lowest BCUT2D eigenvalue weighted by Crippen LogP contribution is -2.13. The molecule has 172 valence electrons. The summed E-state index contributed by atoms with van der Waals surface area (Å²) < 4.78 is 29.1. The number of pyridine rings is 1. The molecule has 0 atom stereocenters. The molecule has 4 rings (SSSR count). The number of anilines is 1. The van der Waals surface area contributed by atoms with Gasteiger partial charge in [-0.3, -0.25) is 4.79 Å². The fourth-order valence-corrected chi connectivity index (χ4v) is 3.33. The number of nitrogens with zero attached hydrogens (tertiary/aromatic N) is 1. The number of carbonyl (C=O) groups is 2.